The summed E-state index contributed by atoms with van der Waals surface area (Å²) in [5.41, 5.74) is 1.13. The Bertz CT molecular complexity index is 458. The fourth-order valence-corrected chi connectivity index (χ4v) is 3.20. The van der Waals surface area contributed by atoms with Crippen LogP contribution in [0, 0.1) is 0 Å². The van der Waals surface area contributed by atoms with E-state index in [1.165, 1.54) is 0 Å². The number of thiazole rings is 1. The van der Waals surface area contributed by atoms with E-state index < -0.39 is 0 Å². The third-order valence-electron chi connectivity index (χ3n) is 3.57. The molecule has 4 nitrogen and oxygen atoms in total. The number of nitrogens with zero attached hydrogens (tertiary/aromatic N) is 2. The SMILES string of the molecule is CC(NCc1csc(C(C)(C)C)n1)C(=O)N1CCCC1. The van der Waals surface area contributed by atoms with Crippen LogP contribution < -0.4 is 5.32 Å². The molecule has 1 aliphatic rings. The molecule has 0 spiro atoms. The molecule has 1 amide bonds. The molecule has 0 aliphatic carbocycles. The summed E-state index contributed by atoms with van der Waals surface area (Å²) in [5.74, 6) is 0.216. The molecule has 1 aromatic rings. The van der Waals surface area contributed by atoms with Crippen LogP contribution in [-0.2, 0) is 16.8 Å². The Morgan fingerprint density at radius 3 is 2.65 bits per heavy atom. The van der Waals surface area contributed by atoms with Gasteiger partial charge in [-0.3, -0.25) is 4.79 Å². The summed E-state index contributed by atoms with van der Waals surface area (Å²) in [6.45, 7) is 10.9. The van der Waals surface area contributed by atoms with Gasteiger partial charge < -0.3 is 10.2 Å². The van der Waals surface area contributed by atoms with Gasteiger partial charge in [0.25, 0.3) is 0 Å². The van der Waals surface area contributed by atoms with Gasteiger partial charge in [0.2, 0.25) is 5.91 Å². The normalized spacial score (nSPS) is 17.5. The minimum absolute atomic E-state index is 0.0971. The molecule has 1 aromatic heterocycles. The van der Waals surface area contributed by atoms with E-state index in [1.807, 2.05) is 11.8 Å². The largest absolute Gasteiger partial charge is 0.341 e. The zero-order valence-electron chi connectivity index (χ0n) is 12.9. The zero-order valence-corrected chi connectivity index (χ0v) is 13.7. The van der Waals surface area contributed by atoms with Gasteiger partial charge in [-0.1, -0.05) is 20.8 Å². The van der Waals surface area contributed by atoms with E-state index >= 15 is 0 Å². The number of aromatic nitrogens is 1. The maximum Gasteiger partial charge on any atom is 0.239 e. The summed E-state index contributed by atoms with van der Waals surface area (Å²) in [4.78, 5) is 18.8. The van der Waals surface area contributed by atoms with Crippen LogP contribution in [0.25, 0.3) is 0 Å². The average molecular weight is 295 g/mol. The number of hydrogen-bond donors (Lipinski definition) is 1. The molecule has 2 rings (SSSR count). The van der Waals surface area contributed by atoms with Crippen LogP contribution in [0.15, 0.2) is 5.38 Å². The smallest absolute Gasteiger partial charge is 0.239 e. The van der Waals surface area contributed by atoms with E-state index in [-0.39, 0.29) is 17.4 Å². The molecule has 112 valence electrons. The molecule has 1 saturated heterocycles. The van der Waals surface area contributed by atoms with E-state index in [0.717, 1.165) is 36.6 Å². The van der Waals surface area contributed by atoms with E-state index in [2.05, 4.69) is 36.5 Å². The highest BCUT2D eigenvalue weighted by atomic mass is 32.1. The fraction of sp³-hybridized carbons (Fsp3) is 0.733. The molecule has 1 atom stereocenters. The van der Waals surface area contributed by atoms with Crippen LogP contribution in [0.2, 0.25) is 0 Å². The van der Waals surface area contributed by atoms with Gasteiger partial charge in [0.15, 0.2) is 0 Å². The Morgan fingerprint density at radius 1 is 1.45 bits per heavy atom. The topological polar surface area (TPSA) is 45.2 Å². The van der Waals surface area contributed by atoms with Crippen LogP contribution >= 0.6 is 11.3 Å². The monoisotopic (exact) mass is 295 g/mol. The first kappa shape index (κ1) is 15.4. The van der Waals surface area contributed by atoms with Gasteiger partial charge in [-0.25, -0.2) is 4.98 Å². The summed E-state index contributed by atoms with van der Waals surface area (Å²) < 4.78 is 0. The molecular weight excluding hydrogens is 270 g/mol. The van der Waals surface area contributed by atoms with Crippen molar-refractivity contribution in [3.8, 4) is 0 Å². The van der Waals surface area contributed by atoms with Crippen molar-refractivity contribution in [2.75, 3.05) is 13.1 Å². The number of rotatable bonds is 4. The molecule has 0 aromatic carbocycles. The first-order valence-electron chi connectivity index (χ1n) is 7.35. The lowest BCUT2D eigenvalue weighted by molar-refractivity contribution is -0.131. The molecule has 0 radical (unpaired) electrons. The third-order valence-corrected chi connectivity index (χ3v) is 4.89. The predicted molar refractivity (Wildman–Crippen MR) is 82.9 cm³/mol. The Balaban J connectivity index is 1.85. The van der Waals surface area contributed by atoms with E-state index in [0.29, 0.717) is 6.54 Å². The van der Waals surface area contributed by atoms with Gasteiger partial charge in [0, 0.05) is 30.4 Å². The summed E-state index contributed by atoms with van der Waals surface area (Å²) in [6.07, 6.45) is 2.28. The summed E-state index contributed by atoms with van der Waals surface area (Å²) in [6, 6.07) is -0.132. The van der Waals surface area contributed by atoms with Gasteiger partial charge >= 0.3 is 0 Å². The second-order valence-corrected chi connectivity index (χ2v) is 7.39. The van der Waals surface area contributed by atoms with Crippen molar-refractivity contribution in [3.63, 3.8) is 0 Å². The first-order valence-corrected chi connectivity index (χ1v) is 8.23. The van der Waals surface area contributed by atoms with Crippen molar-refractivity contribution in [2.45, 2.75) is 58.5 Å². The van der Waals surface area contributed by atoms with Gasteiger partial charge in [0.05, 0.1) is 16.7 Å². The molecule has 0 bridgehead atoms. The number of likely N-dealkylation sites (tertiary alicyclic amines) is 1. The van der Waals surface area contributed by atoms with Crippen LogP contribution in [0.5, 0.6) is 0 Å². The first-order chi connectivity index (χ1) is 9.38. The lowest BCUT2D eigenvalue weighted by Crippen LogP contribution is -2.43. The summed E-state index contributed by atoms with van der Waals surface area (Å²) in [5, 5.41) is 6.52. The van der Waals surface area contributed by atoms with Crippen LogP contribution in [0.4, 0.5) is 0 Å². The second kappa shape index (κ2) is 6.22. The molecular formula is C15H25N3OS. The fourth-order valence-electron chi connectivity index (χ4n) is 2.29. The van der Waals surface area contributed by atoms with E-state index in [4.69, 9.17) is 0 Å². The van der Waals surface area contributed by atoms with Crippen molar-refractivity contribution < 1.29 is 4.79 Å². The van der Waals surface area contributed by atoms with Crippen LogP contribution in [-0.4, -0.2) is 34.9 Å². The minimum Gasteiger partial charge on any atom is -0.341 e. The highest BCUT2D eigenvalue weighted by Gasteiger charge is 2.23. The van der Waals surface area contributed by atoms with Crippen LogP contribution in [0.1, 0.15) is 51.2 Å². The average Bonchev–Trinajstić information content (AvgIpc) is 3.04. The van der Waals surface area contributed by atoms with Crippen molar-refractivity contribution in [3.05, 3.63) is 16.1 Å². The molecule has 0 saturated carbocycles. The van der Waals surface area contributed by atoms with Crippen molar-refractivity contribution in [2.24, 2.45) is 0 Å². The quantitative estimate of drug-likeness (QED) is 0.928. The number of carbonyl (C=O) groups excluding carboxylic acids is 1. The number of nitrogens with one attached hydrogen (secondary N) is 1. The van der Waals surface area contributed by atoms with Crippen molar-refractivity contribution >= 4 is 17.2 Å². The van der Waals surface area contributed by atoms with E-state index in [9.17, 15) is 4.79 Å². The lowest BCUT2D eigenvalue weighted by atomic mass is 9.98. The van der Waals surface area contributed by atoms with Gasteiger partial charge in [-0.05, 0) is 19.8 Å². The van der Waals surface area contributed by atoms with E-state index in [1.54, 1.807) is 11.3 Å². The van der Waals surface area contributed by atoms with Crippen molar-refractivity contribution in [1.29, 1.82) is 0 Å². The number of hydrogen-bond acceptors (Lipinski definition) is 4. The number of carbonyl (C=O) groups is 1. The molecule has 2 heterocycles. The predicted octanol–water partition coefficient (Wildman–Crippen LogP) is 2.54. The maximum atomic E-state index is 12.2. The second-order valence-electron chi connectivity index (χ2n) is 6.53. The Morgan fingerprint density at radius 2 is 2.10 bits per heavy atom. The molecule has 1 aliphatic heterocycles. The Hall–Kier alpha value is -0.940. The van der Waals surface area contributed by atoms with Crippen LogP contribution in [0.3, 0.4) is 0 Å². The minimum atomic E-state index is -0.132. The zero-order chi connectivity index (χ0) is 14.8. The van der Waals surface area contributed by atoms with Gasteiger partial charge in [0.1, 0.15) is 0 Å². The standard InChI is InChI=1S/C15H25N3OS/c1-11(13(19)18-7-5-6-8-18)16-9-12-10-20-14(17-12)15(2,3)4/h10-11,16H,5-9H2,1-4H3. The Labute approximate surface area is 125 Å². The van der Waals surface area contributed by atoms with Gasteiger partial charge in [-0.2, -0.15) is 0 Å². The molecule has 1 fully saturated rings. The summed E-state index contributed by atoms with van der Waals surface area (Å²) >= 11 is 1.70. The molecule has 20 heavy (non-hydrogen) atoms. The van der Waals surface area contributed by atoms with Gasteiger partial charge in [-0.15, -0.1) is 11.3 Å². The highest BCUT2D eigenvalue weighted by molar-refractivity contribution is 7.09. The lowest BCUT2D eigenvalue weighted by Gasteiger charge is -2.20. The Kier molecular flexibility index (Phi) is 4.81. The van der Waals surface area contributed by atoms with Crippen molar-refractivity contribution in [1.82, 2.24) is 15.2 Å². The molecule has 1 unspecified atom stereocenters. The third kappa shape index (κ3) is 3.79. The molecule has 5 heteroatoms. The molecule has 1 N–H and O–H groups in total. The highest BCUT2D eigenvalue weighted by Crippen LogP contribution is 2.25. The maximum absolute atomic E-state index is 12.2. The number of amides is 1. The summed E-state index contributed by atoms with van der Waals surface area (Å²) in [7, 11) is 0.